The largest absolute Gasteiger partial charge is 0.493 e. The van der Waals surface area contributed by atoms with E-state index in [2.05, 4.69) is 21.2 Å². The van der Waals surface area contributed by atoms with E-state index in [-0.39, 0.29) is 18.0 Å². The predicted molar refractivity (Wildman–Crippen MR) is 136 cm³/mol. The number of nitrogens with zero attached hydrogens (tertiary/aromatic N) is 1. The summed E-state index contributed by atoms with van der Waals surface area (Å²) in [7, 11) is 1.45. The number of hydrogen-bond acceptors (Lipinski definition) is 5. The Morgan fingerprint density at radius 2 is 1.78 bits per heavy atom. The highest BCUT2D eigenvalue weighted by atomic mass is 79.9. The van der Waals surface area contributed by atoms with Crippen molar-refractivity contribution in [3.8, 4) is 11.5 Å². The molecule has 4 rings (SSSR count). The van der Waals surface area contributed by atoms with E-state index in [1.54, 1.807) is 42.5 Å². The Morgan fingerprint density at radius 3 is 2.47 bits per heavy atom. The molecule has 0 atom stereocenters. The number of ether oxygens (including phenoxy) is 2. The number of rotatable bonds is 6. The minimum absolute atomic E-state index is 0.106. The standard InChI is InChI=1S/C27H22BrFN2O5/c1-15-7-8-20(9-16(15)2)31-26(33)21(25(32)30-27(31)34)11-18-12-23(35-3)24(13-22(18)28)36-14-17-5-4-6-19(29)10-17/h4-13H,14H2,1-3H3,(H,30,32,34)/b21-11+. The molecular formula is C27H22BrFN2O5. The second kappa shape index (κ2) is 10.3. The molecule has 1 saturated heterocycles. The topological polar surface area (TPSA) is 84.9 Å². The number of nitrogens with one attached hydrogen (secondary N) is 1. The van der Waals surface area contributed by atoms with Gasteiger partial charge in [-0.2, -0.15) is 0 Å². The first-order valence-corrected chi connectivity index (χ1v) is 11.7. The Labute approximate surface area is 215 Å². The summed E-state index contributed by atoms with van der Waals surface area (Å²) >= 11 is 3.44. The Hall–Kier alpha value is -3.98. The molecule has 184 valence electrons. The number of carbonyl (C=O) groups excluding carboxylic acids is 3. The molecule has 0 aliphatic carbocycles. The van der Waals surface area contributed by atoms with Gasteiger partial charge in [0.1, 0.15) is 18.0 Å². The smallest absolute Gasteiger partial charge is 0.335 e. The number of benzene rings is 3. The third-order valence-corrected chi connectivity index (χ3v) is 6.40. The number of imide groups is 2. The van der Waals surface area contributed by atoms with E-state index in [1.807, 2.05) is 13.8 Å². The fourth-order valence-corrected chi connectivity index (χ4v) is 4.07. The van der Waals surface area contributed by atoms with Crippen LogP contribution >= 0.6 is 15.9 Å². The van der Waals surface area contributed by atoms with Gasteiger partial charge in [0, 0.05) is 4.47 Å². The summed E-state index contributed by atoms with van der Waals surface area (Å²) in [6.07, 6.45) is 1.38. The summed E-state index contributed by atoms with van der Waals surface area (Å²) in [6.45, 7) is 3.89. The molecule has 1 N–H and O–H groups in total. The number of halogens is 2. The Kier molecular flexibility index (Phi) is 7.21. The quantitative estimate of drug-likeness (QED) is 0.324. The van der Waals surface area contributed by atoms with Gasteiger partial charge in [-0.15, -0.1) is 0 Å². The first kappa shape index (κ1) is 25.1. The Balaban J connectivity index is 1.65. The molecule has 1 aliphatic rings. The van der Waals surface area contributed by atoms with Crippen LogP contribution < -0.4 is 19.7 Å². The van der Waals surface area contributed by atoms with Crippen LogP contribution in [0.4, 0.5) is 14.9 Å². The first-order valence-electron chi connectivity index (χ1n) is 10.9. The van der Waals surface area contributed by atoms with Gasteiger partial charge < -0.3 is 9.47 Å². The molecule has 0 radical (unpaired) electrons. The molecule has 0 bridgehead atoms. The Bertz CT molecular complexity index is 1420. The molecule has 0 spiro atoms. The van der Waals surface area contributed by atoms with E-state index in [0.717, 1.165) is 16.0 Å². The molecule has 1 aliphatic heterocycles. The van der Waals surface area contributed by atoms with Crippen LogP contribution in [0.5, 0.6) is 11.5 Å². The average Bonchev–Trinajstić information content (AvgIpc) is 2.83. The number of hydrogen-bond donors (Lipinski definition) is 1. The lowest BCUT2D eigenvalue weighted by molar-refractivity contribution is -0.122. The zero-order valence-electron chi connectivity index (χ0n) is 19.7. The fourth-order valence-electron chi connectivity index (χ4n) is 3.63. The third kappa shape index (κ3) is 5.16. The number of carbonyl (C=O) groups is 3. The van der Waals surface area contributed by atoms with Crippen LogP contribution in [0.3, 0.4) is 0 Å². The first-order chi connectivity index (χ1) is 17.2. The van der Waals surface area contributed by atoms with Crippen LogP contribution in [-0.4, -0.2) is 25.0 Å². The number of urea groups is 1. The van der Waals surface area contributed by atoms with Crippen molar-refractivity contribution >= 4 is 45.5 Å². The molecule has 7 nitrogen and oxygen atoms in total. The molecule has 0 saturated carbocycles. The summed E-state index contributed by atoms with van der Waals surface area (Å²) in [4.78, 5) is 39.3. The zero-order chi connectivity index (χ0) is 26.0. The highest BCUT2D eigenvalue weighted by molar-refractivity contribution is 9.10. The zero-order valence-corrected chi connectivity index (χ0v) is 21.3. The number of aryl methyl sites for hydroxylation is 2. The third-order valence-electron chi connectivity index (χ3n) is 5.72. The Morgan fingerprint density at radius 1 is 1.00 bits per heavy atom. The van der Waals surface area contributed by atoms with E-state index in [0.29, 0.717) is 32.8 Å². The molecule has 4 amide bonds. The predicted octanol–water partition coefficient (Wildman–Crippen LogP) is 5.46. The van der Waals surface area contributed by atoms with Gasteiger partial charge in [-0.25, -0.2) is 14.1 Å². The molecule has 9 heteroatoms. The van der Waals surface area contributed by atoms with Gasteiger partial charge in [0.05, 0.1) is 12.8 Å². The van der Waals surface area contributed by atoms with Crippen molar-refractivity contribution in [1.29, 1.82) is 0 Å². The summed E-state index contributed by atoms with van der Waals surface area (Å²) in [5, 5.41) is 2.22. The molecule has 1 fully saturated rings. The van der Waals surface area contributed by atoms with Crippen molar-refractivity contribution in [3.63, 3.8) is 0 Å². The van der Waals surface area contributed by atoms with E-state index < -0.39 is 17.8 Å². The van der Waals surface area contributed by atoms with Crippen LogP contribution in [0.15, 0.2) is 64.6 Å². The lowest BCUT2D eigenvalue weighted by Gasteiger charge is -2.27. The van der Waals surface area contributed by atoms with Crippen molar-refractivity contribution in [2.75, 3.05) is 12.0 Å². The van der Waals surface area contributed by atoms with Crippen LogP contribution in [0.2, 0.25) is 0 Å². The molecule has 36 heavy (non-hydrogen) atoms. The van der Waals surface area contributed by atoms with Crippen LogP contribution in [0, 0.1) is 19.7 Å². The second-order valence-electron chi connectivity index (χ2n) is 8.17. The summed E-state index contributed by atoms with van der Waals surface area (Å²) < 4.78 is 25.2. The van der Waals surface area contributed by atoms with Gasteiger partial charge in [-0.3, -0.25) is 14.9 Å². The summed E-state index contributed by atoms with van der Waals surface area (Å²) in [6, 6.07) is 13.6. The fraction of sp³-hybridized carbons (Fsp3) is 0.148. The van der Waals surface area contributed by atoms with Gasteiger partial charge in [-0.1, -0.05) is 34.1 Å². The molecule has 0 aromatic heterocycles. The van der Waals surface area contributed by atoms with Crippen LogP contribution in [-0.2, 0) is 16.2 Å². The lowest BCUT2D eigenvalue weighted by Crippen LogP contribution is -2.54. The van der Waals surface area contributed by atoms with Gasteiger partial charge in [0.15, 0.2) is 11.5 Å². The minimum atomic E-state index is -0.817. The molecule has 1 heterocycles. The number of methoxy groups -OCH3 is 1. The van der Waals surface area contributed by atoms with E-state index >= 15 is 0 Å². The van der Waals surface area contributed by atoms with Gasteiger partial charge in [-0.05, 0) is 78.6 Å². The van der Waals surface area contributed by atoms with Crippen LogP contribution in [0.1, 0.15) is 22.3 Å². The highest BCUT2D eigenvalue weighted by Gasteiger charge is 2.37. The van der Waals surface area contributed by atoms with Crippen molar-refractivity contribution in [3.05, 3.63) is 92.7 Å². The minimum Gasteiger partial charge on any atom is -0.493 e. The lowest BCUT2D eigenvalue weighted by atomic mass is 10.0. The maximum Gasteiger partial charge on any atom is 0.335 e. The normalized spacial score (nSPS) is 14.8. The van der Waals surface area contributed by atoms with Gasteiger partial charge in [0.25, 0.3) is 11.8 Å². The second-order valence-corrected chi connectivity index (χ2v) is 9.02. The van der Waals surface area contributed by atoms with Crippen molar-refractivity contribution in [2.45, 2.75) is 20.5 Å². The van der Waals surface area contributed by atoms with Crippen LogP contribution in [0.25, 0.3) is 6.08 Å². The average molecular weight is 553 g/mol. The highest BCUT2D eigenvalue weighted by Crippen LogP contribution is 2.36. The summed E-state index contributed by atoms with van der Waals surface area (Å²) in [5.74, 6) is -1.20. The van der Waals surface area contributed by atoms with Gasteiger partial charge in [0.2, 0.25) is 0 Å². The summed E-state index contributed by atoms with van der Waals surface area (Å²) in [5.41, 5.74) is 3.14. The molecule has 3 aromatic carbocycles. The number of anilines is 1. The molecule has 0 unspecified atom stereocenters. The molecular weight excluding hydrogens is 531 g/mol. The van der Waals surface area contributed by atoms with Crippen molar-refractivity contribution in [1.82, 2.24) is 5.32 Å². The van der Waals surface area contributed by atoms with Crippen molar-refractivity contribution < 1.29 is 28.2 Å². The molecule has 3 aromatic rings. The maximum absolute atomic E-state index is 13.5. The van der Waals surface area contributed by atoms with Gasteiger partial charge >= 0.3 is 6.03 Å². The number of barbiturate groups is 1. The SMILES string of the molecule is COc1cc(/C=C2\C(=O)NC(=O)N(c3ccc(C)c(C)c3)C2=O)c(Br)cc1OCc1cccc(F)c1. The number of amides is 4. The van der Waals surface area contributed by atoms with Crippen molar-refractivity contribution in [2.24, 2.45) is 0 Å². The monoisotopic (exact) mass is 552 g/mol. The maximum atomic E-state index is 13.5. The van der Waals surface area contributed by atoms with E-state index in [4.69, 9.17) is 9.47 Å². The van der Waals surface area contributed by atoms with E-state index in [1.165, 1.54) is 25.3 Å². The van der Waals surface area contributed by atoms with E-state index in [9.17, 15) is 18.8 Å².